The molecular formula is C16H13ClF2N2. The second kappa shape index (κ2) is 6.59. The lowest BCUT2D eigenvalue weighted by Gasteiger charge is -2.07. The van der Waals surface area contributed by atoms with Crippen LogP contribution in [0.1, 0.15) is 18.1 Å². The van der Waals surface area contributed by atoms with Gasteiger partial charge in [-0.15, -0.1) is 5.10 Å². The van der Waals surface area contributed by atoms with E-state index in [-0.39, 0.29) is 0 Å². The Labute approximate surface area is 126 Å². The standard InChI is InChI=1S/C16H13ClF2N2/c1-12(16(17,18)19)20-21-15(13-8-4-2-5-9-13)14-10-6-3-7-11-14/h2-11H,1H3. The fraction of sp³-hybridized carbons (Fsp3) is 0.125. The van der Waals surface area contributed by atoms with E-state index in [2.05, 4.69) is 10.2 Å². The van der Waals surface area contributed by atoms with Gasteiger partial charge in [-0.05, 0) is 18.5 Å². The van der Waals surface area contributed by atoms with Gasteiger partial charge in [0.1, 0.15) is 11.4 Å². The summed E-state index contributed by atoms with van der Waals surface area (Å²) in [5.41, 5.74) is 1.54. The first kappa shape index (κ1) is 15.3. The Hall–Kier alpha value is -2.07. The number of hydrogen-bond acceptors (Lipinski definition) is 2. The SMILES string of the molecule is CC(=NN=C(c1ccccc1)c1ccccc1)C(F)(F)Cl. The van der Waals surface area contributed by atoms with Crippen LogP contribution in [0.25, 0.3) is 0 Å². The lowest BCUT2D eigenvalue weighted by Crippen LogP contribution is -2.17. The van der Waals surface area contributed by atoms with Crippen molar-refractivity contribution in [2.75, 3.05) is 0 Å². The molecule has 0 bridgehead atoms. The topological polar surface area (TPSA) is 24.7 Å². The zero-order chi connectivity index (χ0) is 15.3. The van der Waals surface area contributed by atoms with E-state index >= 15 is 0 Å². The molecule has 2 aromatic rings. The predicted molar refractivity (Wildman–Crippen MR) is 82.4 cm³/mol. The molecule has 0 spiro atoms. The van der Waals surface area contributed by atoms with E-state index in [9.17, 15) is 8.78 Å². The fourth-order valence-corrected chi connectivity index (χ4v) is 1.69. The molecular weight excluding hydrogens is 294 g/mol. The van der Waals surface area contributed by atoms with Crippen molar-refractivity contribution in [1.29, 1.82) is 0 Å². The van der Waals surface area contributed by atoms with Gasteiger partial charge in [-0.2, -0.15) is 13.9 Å². The van der Waals surface area contributed by atoms with Crippen molar-refractivity contribution >= 4 is 23.0 Å². The van der Waals surface area contributed by atoms with Crippen LogP contribution in [0.4, 0.5) is 8.78 Å². The van der Waals surface area contributed by atoms with Crippen molar-refractivity contribution in [3.8, 4) is 0 Å². The Balaban J connectivity index is 2.48. The summed E-state index contributed by atoms with van der Waals surface area (Å²) >= 11 is 4.93. The van der Waals surface area contributed by atoms with Crippen LogP contribution in [0.3, 0.4) is 0 Å². The van der Waals surface area contributed by atoms with Crippen LogP contribution < -0.4 is 0 Å². The van der Waals surface area contributed by atoms with Gasteiger partial charge >= 0.3 is 5.38 Å². The highest BCUT2D eigenvalue weighted by molar-refractivity contribution is 6.33. The maximum absolute atomic E-state index is 12.9. The molecule has 2 nitrogen and oxygen atoms in total. The van der Waals surface area contributed by atoms with E-state index in [1.165, 1.54) is 0 Å². The van der Waals surface area contributed by atoms with Gasteiger partial charge in [-0.1, -0.05) is 60.7 Å². The quantitative estimate of drug-likeness (QED) is 0.443. The average molecular weight is 307 g/mol. The van der Waals surface area contributed by atoms with Crippen molar-refractivity contribution in [2.24, 2.45) is 10.2 Å². The Morgan fingerprint density at radius 2 is 1.29 bits per heavy atom. The highest BCUT2D eigenvalue weighted by Gasteiger charge is 2.29. The molecule has 0 amide bonds. The maximum atomic E-state index is 12.9. The Bertz CT molecular complexity index is 605. The summed E-state index contributed by atoms with van der Waals surface area (Å²) in [4.78, 5) is 0. The summed E-state index contributed by atoms with van der Waals surface area (Å²) < 4.78 is 25.9. The molecule has 0 saturated carbocycles. The largest absolute Gasteiger partial charge is 0.362 e. The second-order valence-electron chi connectivity index (χ2n) is 4.36. The molecule has 2 rings (SSSR count). The van der Waals surface area contributed by atoms with E-state index in [0.29, 0.717) is 5.71 Å². The summed E-state index contributed by atoms with van der Waals surface area (Å²) in [6, 6.07) is 18.5. The first-order chi connectivity index (χ1) is 9.98. The van der Waals surface area contributed by atoms with E-state index in [1.54, 1.807) is 0 Å². The van der Waals surface area contributed by atoms with Crippen LogP contribution in [-0.2, 0) is 0 Å². The third-order valence-electron chi connectivity index (χ3n) is 2.80. The van der Waals surface area contributed by atoms with Crippen LogP contribution in [0, 0.1) is 0 Å². The maximum Gasteiger partial charge on any atom is 0.362 e. The monoisotopic (exact) mass is 306 g/mol. The molecule has 108 valence electrons. The van der Waals surface area contributed by atoms with Gasteiger partial charge in [-0.25, -0.2) is 0 Å². The average Bonchev–Trinajstić information content (AvgIpc) is 2.48. The van der Waals surface area contributed by atoms with Crippen molar-refractivity contribution in [3.63, 3.8) is 0 Å². The van der Waals surface area contributed by atoms with Crippen molar-refractivity contribution in [3.05, 3.63) is 71.8 Å². The van der Waals surface area contributed by atoms with E-state index in [0.717, 1.165) is 18.1 Å². The molecule has 0 aliphatic rings. The van der Waals surface area contributed by atoms with Crippen molar-refractivity contribution in [1.82, 2.24) is 0 Å². The Morgan fingerprint density at radius 3 is 1.67 bits per heavy atom. The summed E-state index contributed by atoms with van der Waals surface area (Å²) in [7, 11) is 0. The van der Waals surface area contributed by atoms with Gasteiger partial charge < -0.3 is 0 Å². The Kier molecular flexibility index (Phi) is 4.81. The van der Waals surface area contributed by atoms with Gasteiger partial charge in [0, 0.05) is 11.1 Å². The first-order valence-corrected chi connectivity index (χ1v) is 6.66. The van der Waals surface area contributed by atoms with Crippen molar-refractivity contribution in [2.45, 2.75) is 12.3 Å². The van der Waals surface area contributed by atoms with Crippen LogP contribution in [0.5, 0.6) is 0 Å². The molecule has 0 aliphatic carbocycles. The number of hydrogen-bond donors (Lipinski definition) is 0. The van der Waals surface area contributed by atoms with Gasteiger partial charge in [0.2, 0.25) is 0 Å². The van der Waals surface area contributed by atoms with Crippen LogP contribution in [0.15, 0.2) is 70.9 Å². The molecule has 0 atom stereocenters. The summed E-state index contributed by atoms with van der Waals surface area (Å²) in [5, 5.41) is 4.04. The minimum Gasteiger partial charge on any atom is -0.182 e. The molecule has 0 radical (unpaired) electrons. The molecule has 21 heavy (non-hydrogen) atoms. The summed E-state index contributed by atoms with van der Waals surface area (Å²) in [6.07, 6.45) is 0. The molecule has 5 heteroatoms. The number of alkyl halides is 3. The van der Waals surface area contributed by atoms with Gasteiger partial charge in [0.05, 0.1) is 0 Å². The first-order valence-electron chi connectivity index (χ1n) is 6.29. The van der Waals surface area contributed by atoms with Gasteiger partial charge in [0.25, 0.3) is 0 Å². The highest BCUT2D eigenvalue weighted by Crippen LogP contribution is 2.21. The Morgan fingerprint density at radius 1 is 0.857 bits per heavy atom. The summed E-state index contributed by atoms with van der Waals surface area (Å²) in [6.45, 7) is 1.14. The lowest BCUT2D eigenvalue weighted by molar-refractivity contribution is 0.174. The van der Waals surface area contributed by atoms with Crippen LogP contribution in [0.2, 0.25) is 0 Å². The lowest BCUT2D eigenvalue weighted by atomic mass is 10.0. The molecule has 2 aromatic carbocycles. The van der Waals surface area contributed by atoms with E-state index in [4.69, 9.17) is 11.6 Å². The third-order valence-corrected chi connectivity index (χ3v) is 3.08. The molecule has 0 heterocycles. The summed E-state index contributed by atoms with van der Waals surface area (Å²) in [5.74, 6) is 0. The molecule has 0 N–H and O–H groups in total. The molecule has 0 fully saturated rings. The highest BCUT2D eigenvalue weighted by atomic mass is 35.5. The zero-order valence-electron chi connectivity index (χ0n) is 11.3. The molecule has 0 aromatic heterocycles. The van der Waals surface area contributed by atoms with E-state index in [1.807, 2.05) is 60.7 Å². The molecule has 0 unspecified atom stereocenters. The zero-order valence-corrected chi connectivity index (χ0v) is 12.1. The van der Waals surface area contributed by atoms with Crippen LogP contribution in [-0.4, -0.2) is 16.8 Å². The number of nitrogens with zero attached hydrogens (tertiary/aromatic N) is 2. The minimum atomic E-state index is -3.50. The third kappa shape index (κ3) is 4.20. The van der Waals surface area contributed by atoms with Crippen molar-refractivity contribution < 1.29 is 8.78 Å². The molecule has 0 saturated heterocycles. The number of benzene rings is 2. The minimum absolute atomic E-state index is 0.511. The van der Waals surface area contributed by atoms with Gasteiger partial charge in [0.15, 0.2) is 0 Å². The normalized spacial score (nSPS) is 12.1. The van der Waals surface area contributed by atoms with Gasteiger partial charge in [-0.3, -0.25) is 0 Å². The fourth-order valence-electron chi connectivity index (χ4n) is 1.66. The predicted octanol–water partition coefficient (Wildman–Crippen LogP) is 4.73. The number of halogens is 3. The smallest absolute Gasteiger partial charge is 0.182 e. The van der Waals surface area contributed by atoms with Crippen LogP contribution >= 0.6 is 11.6 Å². The van der Waals surface area contributed by atoms with E-state index < -0.39 is 11.1 Å². The number of rotatable bonds is 4. The second-order valence-corrected chi connectivity index (χ2v) is 4.84. The molecule has 0 aliphatic heterocycles.